The Morgan fingerprint density at radius 3 is 1.82 bits per heavy atom. The third-order valence-corrected chi connectivity index (χ3v) is 10.9. The van der Waals surface area contributed by atoms with Crippen molar-refractivity contribution in [1.82, 2.24) is 0 Å². The van der Waals surface area contributed by atoms with E-state index in [1.807, 2.05) is 12.1 Å². The van der Waals surface area contributed by atoms with Gasteiger partial charge in [-0.15, -0.1) is 0 Å². The largest absolute Gasteiger partial charge is 0.456 e. The first-order valence-electron chi connectivity index (χ1n) is 17.7. The molecule has 9 aromatic rings. The lowest BCUT2D eigenvalue weighted by Crippen LogP contribution is -2.15. The van der Waals surface area contributed by atoms with E-state index in [-0.39, 0.29) is 5.41 Å². The molecule has 0 atom stereocenters. The molecule has 0 fully saturated rings. The van der Waals surface area contributed by atoms with Gasteiger partial charge in [0.2, 0.25) is 0 Å². The van der Waals surface area contributed by atoms with Gasteiger partial charge in [-0.3, -0.25) is 0 Å². The average molecular weight is 654 g/mol. The summed E-state index contributed by atoms with van der Waals surface area (Å²) in [4.78, 5) is 2.39. The zero-order chi connectivity index (χ0) is 34.1. The van der Waals surface area contributed by atoms with Crippen LogP contribution in [-0.4, -0.2) is 0 Å². The zero-order valence-corrected chi connectivity index (χ0v) is 28.6. The monoisotopic (exact) mass is 653 g/mol. The van der Waals surface area contributed by atoms with Gasteiger partial charge >= 0.3 is 0 Å². The van der Waals surface area contributed by atoms with Gasteiger partial charge in [0.25, 0.3) is 0 Å². The predicted octanol–water partition coefficient (Wildman–Crippen LogP) is 13.8. The number of benzene rings is 8. The Morgan fingerprint density at radius 1 is 0.392 bits per heavy atom. The fraction of sp³-hybridized carbons (Fsp3) is 0.0612. The standard InChI is InChI=1S/C49H35NO/c1-49(2)45-17-8-6-14-40(45)43-30-38(27-28-46(43)49)50(36-23-19-33(20-24-36)32-11-4-3-5-12-32)37-25-21-34(22-26-37)39-16-10-13-35-29-48-44(31-42(35)39)41-15-7-9-18-47(41)51-48/h3-31H,1-2H3. The lowest BCUT2D eigenvalue weighted by Gasteiger charge is -2.27. The van der Waals surface area contributed by atoms with E-state index in [0.717, 1.165) is 39.0 Å². The molecule has 1 aliphatic carbocycles. The zero-order valence-electron chi connectivity index (χ0n) is 28.6. The summed E-state index contributed by atoms with van der Waals surface area (Å²) in [5, 5.41) is 4.68. The van der Waals surface area contributed by atoms with Gasteiger partial charge in [-0.2, -0.15) is 0 Å². The van der Waals surface area contributed by atoms with Crippen molar-refractivity contribution in [2.24, 2.45) is 0 Å². The average Bonchev–Trinajstić information content (AvgIpc) is 3.65. The molecule has 0 spiro atoms. The third kappa shape index (κ3) is 4.71. The Balaban J connectivity index is 1.10. The fourth-order valence-corrected chi connectivity index (χ4v) is 8.27. The van der Waals surface area contributed by atoms with Gasteiger partial charge in [-0.1, -0.05) is 135 Å². The van der Waals surface area contributed by atoms with E-state index in [1.165, 1.54) is 55.3 Å². The summed E-state index contributed by atoms with van der Waals surface area (Å²) in [6.07, 6.45) is 0. The molecule has 0 aliphatic heterocycles. The second-order valence-corrected chi connectivity index (χ2v) is 14.2. The van der Waals surface area contributed by atoms with Crippen LogP contribution in [0, 0.1) is 0 Å². The van der Waals surface area contributed by atoms with E-state index >= 15 is 0 Å². The number of fused-ring (bicyclic) bond motifs is 7. The molecule has 0 saturated heterocycles. The van der Waals surface area contributed by atoms with Crippen molar-refractivity contribution in [2.45, 2.75) is 19.3 Å². The Labute approximate surface area is 297 Å². The van der Waals surface area contributed by atoms with Crippen LogP contribution in [0.3, 0.4) is 0 Å². The van der Waals surface area contributed by atoms with E-state index in [1.54, 1.807) is 0 Å². The van der Waals surface area contributed by atoms with Crippen LogP contribution in [0.15, 0.2) is 180 Å². The van der Waals surface area contributed by atoms with Crippen molar-refractivity contribution in [1.29, 1.82) is 0 Å². The summed E-state index contributed by atoms with van der Waals surface area (Å²) in [5.74, 6) is 0. The van der Waals surface area contributed by atoms with Crippen molar-refractivity contribution < 1.29 is 4.42 Å². The molecule has 0 bridgehead atoms. The lowest BCUT2D eigenvalue weighted by molar-refractivity contribution is 0.660. The summed E-state index contributed by atoms with van der Waals surface area (Å²) in [7, 11) is 0. The highest BCUT2D eigenvalue weighted by molar-refractivity contribution is 6.12. The minimum absolute atomic E-state index is 0.0406. The molecule has 1 heterocycles. The first-order valence-corrected chi connectivity index (χ1v) is 17.7. The van der Waals surface area contributed by atoms with Crippen molar-refractivity contribution in [3.63, 3.8) is 0 Å². The first kappa shape index (κ1) is 29.5. The van der Waals surface area contributed by atoms with Crippen LogP contribution in [-0.2, 0) is 5.41 Å². The number of furan rings is 1. The van der Waals surface area contributed by atoms with Crippen LogP contribution >= 0.6 is 0 Å². The molecule has 1 aromatic heterocycles. The van der Waals surface area contributed by atoms with Gasteiger partial charge < -0.3 is 9.32 Å². The molecule has 8 aromatic carbocycles. The highest BCUT2D eigenvalue weighted by Gasteiger charge is 2.35. The maximum absolute atomic E-state index is 6.22. The molecule has 2 nitrogen and oxygen atoms in total. The summed E-state index contributed by atoms with van der Waals surface area (Å²) < 4.78 is 6.22. The van der Waals surface area contributed by atoms with Crippen LogP contribution in [0.1, 0.15) is 25.0 Å². The van der Waals surface area contributed by atoms with Gasteiger partial charge in [-0.25, -0.2) is 0 Å². The van der Waals surface area contributed by atoms with Crippen LogP contribution in [0.2, 0.25) is 0 Å². The Morgan fingerprint density at radius 2 is 1.02 bits per heavy atom. The molecular formula is C49H35NO. The van der Waals surface area contributed by atoms with Gasteiger partial charge in [0.1, 0.15) is 11.2 Å². The van der Waals surface area contributed by atoms with Crippen LogP contribution < -0.4 is 4.90 Å². The normalized spacial score (nSPS) is 13.1. The van der Waals surface area contributed by atoms with E-state index in [9.17, 15) is 0 Å². The third-order valence-electron chi connectivity index (χ3n) is 10.9. The molecule has 0 saturated carbocycles. The fourth-order valence-electron chi connectivity index (χ4n) is 8.27. The number of rotatable bonds is 5. The summed E-state index contributed by atoms with van der Waals surface area (Å²) in [6, 6.07) is 63.8. The second-order valence-electron chi connectivity index (χ2n) is 14.2. The molecule has 0 radical (unpaired) electrons. The predicted molar refractivity (Wildman–Crippen MR) is 214 cm³/mol. The Hall–Kier alpha value is -6.38. The Bertz CT molecular complexity index is 2750. The highest BCUT2D eigenvalue weighted by atomic mass is 16.3. The van der Waals surface area contributed by atoms with Gasteiger partial charge in [-0.05, 0) is 110 Å². The number of para-hydroxylation sites is 1. The highest BCUT2D eigenvalue weighted by Crippen LogP contribution is 2.50. The molecule has 0 unspecified atom stereocenters. The van der Waals surface area contributed by atoms with E-state index in [4.69, 9.17) is 4.42 Å². The number of nitrogens with zero attached hydrogens (tertiary/aromatic N) is 1. The maximum atomic E-state index is 6.22. The molecule has 242 valence electrons. The molecule has 51 heavy (non-hydrogen) atoms. The maximum Gasteiger partial charge on any atom is 0.136 e. The molecular weight excluding hydrogens is 619 g/mol. The van der Waals surface area contributed by atoms with Crippen LogP contribution in [0.5, 0.6) is 0 Å². The van der Waals surface area contributed by atoms with Crippen molar-refractivity contribution in [3.8, 4) is 33.4 Å². The smallest absolute Gasteiger partial charge is 0.136 e. The molecule has 1 aliphatic rings. The minimum atomic E-state index is -0.0406. The lowest BCUT2D eigenvalue weighted by atomic mass is 9.82. The molecule has 0 N–H and O–H groups in total. The summed E-state index contributed by atoms with van der Waals surface area (Å²) >= 11 is 0. The molecule has 0 amide bonds. The second kappa shape index (κ2) is 11.3. The summed E-state index contributed by atoms with van der Waals surface area (Å²) in [6.45, 7) is 4.67. The van der Waals surface area contributed by atoms with Gasteiger partial charge in [0.15, 0.2) is 0 Å². The van der Waals surface area contributed by atoms with Gasteiger partial charge in [0, 0.05) is 33.2 Å². The van der Waals surface area contributed by atoms with Crippen molar-refractivity contribution in [2.75, 3.05) is 4.90 Å². The summed E-state index contributed by atoms with van der Waals surface area (Å²) in [5.41, 5.74) is 15.4. The van der Waals surface area contributed by atoms with E-state index in [0.29, 0.717) is 0 Å². The first-order chi connectivity index (χ1) is 25.0. The molecule has 2 heteroatoms. The van der Waals surface area contributed by atoms with Crippen molar-refractivity contribution >= 4 is 49.8 Å². The Kier molecular flexibility index (Phi) is 6.56. The number of anilines is 3. The van der Waals surface area contributed by atoms with Crippen LogP contribution in [0.4, 0.5) is 17.1 Å². The van der Waals surface area contributed by atoms with Crippen molar-refractivity contribution in [3.05, 3.63) is 187 Å². The minimum Gasteiger partial charge on any atom is -0.456 e. The van der Waals surface area contributed by atoms with Crippen LogP contribution in [0.25, 0.3) is 66.1 Å². The topological polar surface area (TPSA) is 16.4 Å². The van der Waals surface area contributed by atoms with E-state index in [2.05, 4.69) is 183 Å². The number of hydrogen-bond acceptors (Lipinski definition) is 2. The molecule has 10 rings (SSSR count). The van der Waals surface area contributed by atoms with E-state index < -0.39 is 0 Å². The number of hydrogen-bond donors (Lipinski definition) is 0. The van der Waals surface area contributed by atoms with Gasteiger partial charge in [0.05, 0.1) is 0 Å². The quantitative estimate of drug-likeness (QED) is 0.184. The SMILES string of the molecule is CC1(C)c2ccccc2-c2cc(N(c3ccc(-c4ccccc4)cc3)c3ccc(-c4cccc5cc6oc7ccccc7c6cc45)cc3)ccc21.